The molecule has 0 radical (unpaired) electrons. The second-order valence-corrected chi connectivity index (χ2v) is 8.37. The van der Waals surface area contributed by atoms with Crippen LogP contribution in [0.15, 0.2) is 69.6 Å². The molecular formula is C18H25N5O2S2. The molecule has 0 unspecified atom stereocenters. The van der Waals surface area contributed by atoms with Gasteiger partial charge in [0.05, 0.1) is 6.54 Å². The molecule has 1 heterocycles. The van der Waals surface area contributed by atoms with Gasteiger partial charge in [0.1, 0.15) is 4.90 Å². The minimum absolute atomic E-state index is 0.150. The molecule has 3 N–H and O–H groups in total. The maximum absolute atomic E-state index is 12.1. The Bertz CT molecular complexity index is 799. The summed E-state index contributed by atoms with van der Waals surface area (Å²) in [4.78, 5) is 9.60. The highest BCUT2D eigenvalue weighted by Crippen LogP contribution is 2.15. The molecule has 1 aromatic heterocycles. The van der Waals surface area contributed by atoms with Crippen LogP contribution in [0.2, 0.25) is 0 Å². The summed E-state index contributed by atoms with van der Waals surface area (Å²) in [6.07, 6.45) is 2.86. The largest absolute Gasteiger partial charge is 0.357 e. The second-order valence-electron chi connectivity index (χ2n) is 5.44. The molecular weight excluding hydrogens is 382 g/mol. The molecule has 0 saturated carbocycles. The van der Waals surface area contributed by atoms with Crippen molar-refractivity contribution in [2.45, 2.75) is 16.7 Å². The molecule has 0 amide bonds. The van der Waals surface area contributed by atoms with E-state index in [4.69, 9.17) is 0 Å². The molecule has 7 nitrogen and oxygen atoms in total. The smallest absolute Gasteiger partial charge is 0.242 e. The van der Waals surface area contributed by atoms with Crippen molar-refractivity contribution in [1.82, 2.24) is 20.3 Å². The third-order valence-electron chi connectivity index (χ3n) is 3.37. The molecule has 0 bridgehead atoms. The van der Waals surface area contributed by atoms with Gasteiger partial charge in [-0.1, -0.05) is 18.2 Å². The summed E-state index contributed by atoms with van der Waals surface area (Å²) in [7, 11) is -3.55. The van der Waals surface area contributed by atoms with E-state index in [1.54, 1.807) is 17.8 Å². The van der Waals surface area contributed by atoms with Gasteiger partial charge in [0.25, 0.3) is 0 Å². The fourth-order valence-corrected chi connectivity index (χ4v) is 3.91. The zero-order chi connectivity index (χ0) is 19.4. The van der Waals surface area contributed by atoms with Crippen LogP contribution >= 0.6 is 11.8 Å². The highest BCUT2D eigenvalue weighted by Gasteiger charge is 2.12. The summed E-state index contributed by atoms with van der Waals surface area (Å²) in [5, 5.41) is 6.40. The van der Waals surface area contributed by atoms with Crippen molar-refractivity contribution in [3.05, 3.63) is 54.9 Å². The zero-order valence-electron chi connectivity index (χ0n) is 15.3. The Morgan fingerprint density at radius 2 is 1.93 bits per heavy atom. The van der Waals surface area contributed by atoms with Gasteiger partial charge in [0.15, 0.2) is 5.96 Å². The average molecular weight is 408 g/mol. The first kappa shape index (κ1) is 21.2. The number of guanidine groups is 1. The van der Waals surface area contributed by atoms with Crippen LogP contribution in [0.5, 0.6) is 0 Å². The van der Waals surface area contributed by atoms with Gasteiger partial charge < -0.3 is 10.6 Å². The van der Waals surface area contributed by atoms with Crippen LogP contribution in [0.25, 0.3) is 0 Å². The topological polar surface area (TPSA) is 95.5 Å². The molecule has 27 heavy (non-hydrogen) atoms. The van der Waals surface area contributed by atoms with Crippen molar-refractivity contribution < 1.29 is 8.42 Å². The lowest BCUT2D eigenvalue weighted by Gasteiger charge is -2.11. The Balaban J connectivity index is 1.74. The first-order valence-corrected chi connectivity index (χ1v) is 11.2. The number of aromatic nitrogens is 1. The molecule has 0 fully saturated rings. The van der Waals surface area contributed by atoms with Crippen LogP contribution < -0.4 is 15.4 Å². The number of nitrogens with zero attached hydrogens (tertiary/aromatic N) is 2. The van der Waals surface area contributed by atoms with Crippen LogP contribution in [0.1, 0.15) is 6.92 Å². The van der Waals surface area contributed by atoms with Crippen molar-refractivity contribution in [3.8, 4) is 0 Å². The number of aliphatic imine (C=N–C) groups is 1. The minimum Gasteiger partial charge on any atom is -0.357 e. The maximum atomic E-state index is 12.1. The van der Waals surface area contributed by atoms with Crippen LogP contribution in [-0.2, 0) is 10.0 Å². The van der Waals surface area contributed by atoms with Crippen molar-refractivity contribution in [2.24, 2.45) is 4.99 Å². The molecule has 1 aromatic carbocycles. The van der Waals surface area contributed by atoms with E-state index in [-0.39, 0.29) is 11.4 Å². The number of rotatable bonds is 10. The standard InChI is InChI=1S/C18H25N5O2S2/c1-2-20-18(22-13-14-26-16-7-4-3-5-8-16)21-11-12-23-27(24,25)17-9-6-10-19-15-17/h3-10,15,23H,2,11-14H2,1H3,(H2,20,21,22). The Kier molecular flexibility index (Phi) is 9.09. The van der Waals surface area contributed by atoms with Gasteiger partial charge in [-0.05, 0) is 31.2 Å². The minimum atomic E-state index is -3.55. The number of hydrogen-bond acceptors (Lipinski definition) is 5. The normalized spacial score (nSPS) is 12.0. The maximum Gasteiger partial charge on any atom is 0.242 e. The van der Waals surface area contributed by atoms with Crippen molar-refractivity contribution in [1.29, 1.82) is 0 Å². The molecule has 9 heteroatoms. The second kappa shape index (κ2) is 11.6. The van der Waals surface area contributed by atoms with Crippen molar-refractivity contribution in [2.75, 3.05) is 31.9 Å². The number of sulfonamides is 1. The summed E-state index contributed by atoms with van der Waals surface area (Å²) >= 11 is 1.77. The lowest BCUT2D eigenvalue weighted by molar-refractivity contribution is 0.581. The Labute approximate surface area is 165 Å². The number of pyridine rings is 1. The van der Waals surface area contributed by atoms with Gasteiger partial charge in [0, 0.05) is 42.7 Å². The quantitative estimate of drug-likeness (QED) is 0.240. The van der Waals surface area contributed by atoms with Gasteiger partial charge >= 0.3 is 0 Å². The Hall–Kier alpha value is -2.10. The summed E-state index contributed by atoms with van der Waals surface area (Å²) in [5.41, 5.74) is 0. The fourth-order valence-electron chi connectivity index (χ4n) is 2.13. The average Bonchev–Trinajstić information content (AvgIpc) is 2.70. The number of nitrogens with one attached hydrogen (secondary N) is 3. The third-order valence-corrected chi connectivity index (χ3v) is 5.83. The zero-order valence-corrected chi connectivity index (χ0v) is 16.9. The monoisotopic (exact) mass is 407 g/mol. The van der Waals surface area contributed by atoms with Gasteiger partial charge in [-0.2, -0.15) is 0 Å². The SMILES string of the molecule is CCNC(=NCCNS(=O)(=O)c1cccnc1)NCCSc1ccccc1. The predicted molar refractivity (Wildman–Crippen MR) is 111 cm³/mol. The molecule has 0 aliphatic heterocycles. The lowest BCUT2D eigenvalue weighted by Crippen LogP contribution is -2.39. The summed E-state index contributed by atoms with van der Waals surface area (Å²) in [6, 6.07) is 13.3. The van der Waals surface area contributed by atoms with Gasteiger partial charge in [-0.3, -0.25) is 9.98 Å². The van der Waals surface area contributed by atoms with E-state index in [1.165, 1.54) is 23.4 Å². The van der Waals surface area contributed by atoms with Crippen molar-refractivity contribution >= 4 is 27.7 Å². The van der Waals surface area contributed by atoms with Gasteiger partial charge in [-0.25, -0.2) is 13.1 Å². The van der Waals surface area contributed by atoms with Crippen LogP contribution in [0, 0.1) is 0 Å². The Morgan fingerprint density at radius 1 is 1.11 bits per heavy atom. The molecule has 0 spiro atoms. The van der Waals surface area contributed by atoms with E-state index in [0.717, 1.165) is 18.8 Å². The van der Waals surface area contributed by atoms with Gasteiger partial charge in [-0.15, -0.1) is 11.8 Å². The molecule has 0 aliphatic rings. The number of thioether (sulfide) groups is 1. The van der Waals surface area contributed by atoms with E-state index in [1.807, 2.05) is 25.1 Å². The van der Waals surface area contributed by atoms with E-state index in [9.17, 15) is 8.42 Å². The summed E-state index contributed by atoms with van der Waals surface area (Å²) in [5.74, 6) is 1.58. The molecule has 2 rings (SSSR count). The lowest BCUT2D eigenvalue weighted by atomic mass is 10.4. The molecule has 0 aliphatic carbocycles. The number of hydrogen-bond donors (Lipinski definition) is 3. The Morgan fingerprint density at radius 3 is 2.63 bits per heavy atom. The number of benzene rings is 1. The highest BCUT2D eigenvalue weighted by molar-refractivity contribution is 7.99. The van der Waals surface area contributed by atoms with Crippen LogP contribution in [0.4, 0.5) is 0 Å². The van der Waals surface area contributed by atoms with E-state index in [2.05, 4.69) is 37.5 Å². The third kappa shape index (κ3) is 7.98. The van der Waals surface area contributed by atoms with Gasteiger partial charge in [0.2, 0.25) is 10.0 Å². The van der Waals surface area contributed by atoms with E-state index < -0.39 is 10.0 Å². The molecule has 146 valence electrons. The molecule has 2 aromatic rings. The van der Waals surface area contributed by atoms with Crippen LogP contribution in [0.3, 0.4) is 0 Å². The first-order valence-electron chi connectivity index (χ1n) is 8.71. The van der Waals surface area contributed by atoms with E-state index in [0.29, 0.717) is 12.5 Å². The summed E-state index contributed by atoms with van der Waals surface area (Å²) < 4.78 is 26.8. The highest BCUT2D eigenvalue weighted by atomic mass is 32.2. The first-order chi connectivity index (χ1) is 13.1. The van der Waals surface area contributed by atoms with Crippen LogP contribution in [-0.4, -0.2) is 51.3 Å². The fraction of sp³-hybridized carbons (Fsp3) is 0.333. The summed E-state index contributed by atoms with van der Waals surface area (Å²) in [6.45, 7) is 4.03. The predicted octanol–water partition coefficient (Wildman–Crippen LogP) is 1.71. The van der Waals surface area contributed by atoms with Crippen molar-refractivity contribution in [3.63, 3.8) is 0 Å². The van der Waals surface area contributed by atoms with E-state index >= 15 is 0 Å². The molecule has 0 atom stereocenters. The molecule has 0 saturated heterocycles.